The molecule has 1 N–H and O–H groups in total. The third kappa shape index (κ3) is 4.39. The smallest absolute Gasteiger partial charge is 0.214 e. The Labute approximate surface area is 122 Å². The van der Waals surface area contributed by atoms with Crippen LogP contribution in [0.3, 0.4) is 0 Å². The van der Waals surface area contributed by atoms with Gasteiger partial charge in [0.05, 0.1) is 19.0 Å². The van der Waals surface area contributed by atoms with Gasteiger partial charge >= 0.3 is 0 Å². The number of nitrogens with zero attached hydrogens (tertiary/aromatic N) is 2. The fourth-order valence-corrected chi connectivity index (χ4v) is 4.53. The van der Waals surface area contributed by atoms with E-state index in [9.17, 15) is 8.42 Å². The maximum Gasteiger partial charge on any atom is 0.214 e. The van der Waals surface area contributed by atoms with Crippen LogP contribution in [0.2, 0.25) is 0 Å². The van der Waals surface area contributed by atoms with Gasteiger partial charge in [-0.3, -0.25) is 4.90 Å². The van der Waals surface area contributed by atoms with Gasteiger partial charge in [0.15, 0.2) is 0 Å². The van der Waals surface area contributed by atoms with E-state index in [0.29, 0.717) is 19.1 Å². The molecule has 20 heavy (non-hydrogen) atoms. The number of rotatable bonds is 7. The maximum atomic E-state index is 12.3. The zero-order valence-corrected chi connectivity index (χ0v) is 13.2. The summed E-state index contributed by atoms with van der Waals surface area (Å²) < 4.78 is 31.6. The van der Waals surface area contributed by atoms with Crippen LogP contribution in [0.25, 0.3) is 0 Å². The largest absolute Gasteiger partial charge is 0.379 e. The summed E-state index contributed by atoms with van der Waals surface area (Å²) in [6.45, 7) is 5.62. The molecule has 2 fully saturated rings. The van der Waals surface area contributed by atoms with Gasteiger partial charge in [-0.1, -0.05) is 0 Å². The molecule has 2 saturated heterocycles. The Morgan fingerprint density at radius 2 is 1.95 bits per heavy atom. The summed E-state index contributed by atoms with van der Waals surface area (Å²) in [4.78, 5) is 2.38. The van der Waals surface area contributed by atoms with Gasteiger partial charge in [-0.05, 0) is 32.9 Å². The van der Waals surface area contributed by atoms with Crippen molar-refractivity contribution in [1.29, 1.82) is 0 Å². The molecule has 7 heteroatoms. The van der Waals surface area contributed by atoms with Crippen molar-refractivity contribution in [3.8, 4) is 0 Å². The summed E-state index contributed by atoms with van der Waals surface area (Å²) in [5, 5.41) is 3.05. The van der Waals surface area contributed by atoms with Crippen molar-refractivity contribution in [2.24, 2.45) is 0 Å². The first-order chi connectivity index (χ1) is 9.63. The first-order valence-corrected chi connectivity index (χ1v) is 9.18. The van der Waals surface area contributed by atoms with Gasteiger partial charge in [0.2, 0.25) is 10.0 Å². The van der Waals surface area contributed by atoms with Gasteiger partial charge < -0.3 is 10.1 Å². The van der Waals surface area contributed by atoms with E-state index in [0.717, 1.165) is 52.1 Å². The Kier molecular flexibility index (Phi) is 6.22. The van der Waals surface area contributed by atoms with E-state index in [1.165, 1.54) is 0 Å². The Balaban J connectivity index is 1.78. The first-order valence-electron chi connectivity index (χ1n) is 7.58. The lowest BCUT2D eigenvalue weighted by Crippen LogP contribution is -2.45. The molecule has 0 aromatic heterocycles. The summed E-state index contributed by atoms with van der Waals surface area (Å²) in [6.07, 6.45) is 2.61. The third-order valence-corrected chi connectivity index (χ3v) is 6.08. The van der Waals surface area contributed by atoms with Crippen LogP contribution in [0.4, 0.5) is 0 Å². The molecule has 2 heterocycles. The second-order valence-electron chi connectivity index (χ2n) is 5.58. The van der Waals surface area contributed by atoms with Gasteiger partial charge in [-0.2, -0.15) is 0 Å². The fraction of sp³-hybridized carbons (Fsp3) is 1.00. The summed E-state index contributed by atoms with van der Waals surface area (Å²) in [6, 6.07) is 0.381. The molecule has 0 aromatic carbocycles. The van der Waals surface area contributed by atoms with Crippen molar-refractivity contribution in [1.82, 2.24) is 14.5 Å². The SMILES string of the molecule is CNCCCCS(=O)(=O)N1CCC(N2CCOCC2)C1. The Hall–Kier alpha value is -0.210. The van der Waals surface area contributed by atoms with Crippen molar-refractivity contribution in [2.75, 3.05) is 58.7 Å². The number of nitrogens with one attached hydrogen (secondary N) is 1. The Morgan fingerprint density at radius 3 is 2.65 bits per heavy atom. The molecule has 2 rings (SSSR count). The quantitative estimate of drug-likeness (QED) is 0.656. The van der Waals surface area contributed by atoms with Crippen molar-refractivity contribution in [3.63, 3.8) is 0 Å². The average molecular weight is 305 g/mol. The average Bonchev–Trinajstić information content (AvgIpc) is 2.95. The number of hydrogen-bond acceptors (Lipinski definition) is 5. The summed E-state index contributed by atoms with van der Waals surface area (Å²) in [7, 11) is -1.17. The zero-order valence-electron chi connectivity index (χ0n) is 12.4. The Morgan fingerprint density at radius 1 is 1.20 bits per heavy atom. The van der Waals surface area contributed by atoms with Gasteiger partial charge in [0.1, 0.15) is 0 Å². The van der Waals surface area contributed by atoms with Crippen LogP contribution in [-0.4, -0.2) is 82.4 Å². The highest BCUT2D eigenvalue weighted by Crippen LogP contribution is 2.20. The summed E-state index contributed by atoms with van der Waals surface area (Å²) >= 11 is 0. The lowest BCUT2D eigenvalue weighted by molar-refractivity contribution is 0.0197. The second-order valence-corrected chi connectivity index (χ2v) is 7.66. The molecule has 2 aliphatic rings. The monoisotopic (exact) mass is 305 g/mol. The molecule has 0 spiro atoms. The van der Waals surface area contributed by atoms with E-state index in [-0.39, 0.29) is 5.75 Å². The molecular formula is C13H27N3O3S. The van der Waals surface area contributed by atoms with E-state index in [1.807, 2.05) is 7.05 Å². The van der Waals surface area contributed by atoms with Crippen molar-refractivity contribution < 1.29 is 13.2 Å². The van der Waals surface area contributed by atoms with E-state index >= 15 is 0 Å². The van der Waals surface area contributed by atoms with Crippen LogP contribution < -0.4 is 5.32 Å². The van der Waals surface area contributed by atoms with Crippen molar-refractivity contribution in [3.05, 3.63) is 0 Å². The van der Waals surface area contributed by atoms with Gasteiger partial charge in [-0.25, -0.2) is 12.7 Å². The molecule has 118 valence electrons. The molecule has 0 aliphatic carbocycles. The molecule has 0 aromatic rings. The molecule has 0 radical (unpaired) electrons. The van der Waals surface area contributed by atoms with E-state index in [4.69, 9.17) is 4.74 Å². The molecular weight excluding hydrogens is 278 g/mol. The first kappa shape index (κ1) is 16.2. The van der Waals surface area contributed by atoms with Crippen molar-refractivity contribution in [2.45, 2.75) is 25.3 Å². The molecule has 6 nitrogen and oxygen atoms in total. The number of hydrogen-bond donors (Lipinski definition) is 1. The Bertz CT molecular complexity index is 382. The van der Waals surface area contributed by atoms with Crippen LogP contribution in [0, 0.1) is 0 Å². The second kappa shape index (κ2) is 7.70. The maximum absolute atomic E-state index is 12.3. The summed E-state index contributed by atoms with van der Waals surface area (Å²) in [5.41, 5.74) is 0. The highest BCUT2D eigenvalue weighted by atomic mass is 32.2. The highest BCUT2D eigenvalue weighted by Gasteiger charge is 2.34. The molecule has 0 saturated carbocycles. The van der Waals surface area contributed by atoms with Crippen LogP contribution in [0.15, 0.2) is 0 Å². The highest BCUT2D eigenvalue weighted by molar-refractivity contribution is 7.89. The van der Waals surface area contributed by atoms with E-state index in [1.54, 1.807) is 4.31 Å². The lowest BCUT2D eigenvalue weighted by Gasteiger charge is -2.32. The van der Waals surface area contributed by atoms with Gasteiger partial charge in [0, 0.05) is 32.2 Å². The minimum absolute atomic E-state index is 0.282. The molecule has 0 amide bonds. The third-order valence-electron chi connectivity index (χ3n) is 4.16. The number of unbranched alkanes of at least 4 members (excludes halogenated alkanes) is 1. The van der Waals surface area contributed by atoms with E-state index in [2.05, 4.69) is 10.2 Å². The molecule has 0 bridgehead atoms. The fourth-order valence-electron chi connectivity index (χ4n) is 2.92. The minimum atomic E-state index is -3.06. The topological polar surface area (TPSA) is 61.9 Å². The molecule has 1 unspecified atom stereocenters. The molecule has 2 aliphatic heterocycles. The number of ether oxygens (including phenoxy) is 1. The lowest BCUT2D eigenvalue weighted by atomic mass is 10.2. The van der Waals surface area contributed by atoms with Crippen LogP contribution in [0.5, 0.6) is 0 Å². The van der Waals surface area contributed by atoms with E-state index < -0.39 is 10.0 Å². The van der Waals surface area contributed by atoms with Gasteiger partial charge in [0.25, 0.3) is 0 Å². The summed E-state index contributed by atoms with van der Waals surface area (Å²) in [5.74, 6) is 0.282. The van der Waals surface area contributed by atoms with Gasteiger partial charge in [-0.15, -0.1) is 0 Å². The minimum Gasteiger partial charge on any atom is -0.379 e. The van der Waals surface area contributed by atoms with Crippen molar-refractivity contribution >= 4 is 10.0 Å². The predicted octanol–water partition coefficient (Wildman–Crippen LogP) is -0.278. The predicted molar refractivity (Wildman–Crippen MR) is 79.3 cm³/mol. The number of morpholine rings is 1. The molecule has 1 atom stereocenters. The zero-order chi connectivity index (χ0) is 14.4. The van der Waals surface area contributed by atoms with Crippen LogP contribution in [0.1, 0.15) is 19.3 Å². The number of sulfonamides is 1. The van der Waals surface area contributed by atoms with Crippen LogP contribution >= 0.6 is 0 Å². The van der Waals surface area contributed by atoms with Crippen LogP contribution in [-0.2, 0) is 14.8 Å². The standard InChI is InChI=1S/C13H27N3O3S/c1-14-5-2-3-11-20(17,18)16-6-4-13(12-16)15-7-9-19-10-8-15/h13-14H,2-12H2,1H3. The normalized spacial score (nSPS) is 26.1.